The van der Waals surface area contributed by atoms with E-state index in [1.807, 2.05) is 0 Å². The molecule has 1 atom stereocenters. The van der Waals surface area contributed by atoms with Gasteiger partial charge in [-0.3, -0.25) is 14.5 Å². The number of fused-ring (bicyclic) bond motifs is 1. The number of piperazine rings is 1. The van der Waals surface area contributed by atoms with Gasteiger partial charge in [-0.25, -0.2) is 23.4 Å². The number of nitrogens with zero attached hydrogens (tertiary/aromatic N) is 5. The molecule has 2 aliphatic rings. The van der Waals surface area contributed by atoms with Crippen molar-refractivity contribution in [1.29, 1.82) is 0 Å². The molecule has 0 spiro atoms. The van der Waals surface area contributed by atoms with Crippen molar-refractivity contribution in [3.05, 3.63) is 60.1 Å². The Bertz CT molecular complexity index is 1420. The lowest BCUT2D eigenvalue weighted by atomic mass is 10.2. The number of pyridine rings is 1. The number of hydrogen-bond donors (Lipinski definition) is 3. The summed E-state index contributed by atoms with van der Waals surface area (Å²) in [6.45, 7) is 0.168. The number of anilines is 2. The largest absolute Gasteiger partial charge is 0.465 e. The molecule has 1 aromatic carbocycles. The number of aromatic nitrogens is 2. The van der Waals surface area contributed by atoms with Crippen molar-refractivity contribution in [2.75, 3.05) is 55.6 Å². The van der Waals surface area contributed by atoms with Crippen LogP contribution in [0.1, 0.15) is 10.5 Å². The predicted molar refractivity (Wildman–Crippen MR) is 136 cm³/mol. The molecule has 0 aliphatic carbocycles. The highest BCUT2D eigenvalue weighted by Gasteiger charge is 2.34. The molecule has 0 radical (unpaired) electrons. The summed E-state index contributed by atoms with van der Waals surface area (Å²) in [5.74, 6) is -2.62. The molecular formula is C25H25F2N7O6. The molecule has 210 valence electrons. The summed E-state index contributed by atoms with van der Waals surface area (Å²) in [5, 5.41) is 13.4. The van der Waals surface area contributed by atoms with Gasteiger partial charge < -0.3 is 34.7 Å². The molecule has 0 saturated carbocycles. The molecule has 3 aromatic rings. The first-order chi connectivity index (χ1) is 19.2. The number of carbonyl (C=O) groups excluding carboxylic acids is 3. The molecule has 2 aliphatic heterocycles. The number of nitrogens with one attached hydrogen (secondary N) is 2. The standard InChI is InChI=1S/C25H25F2N7O6/c26-17-9-15(34-13-16(40-25(34)39)11-29-24(37)38)10-18(27)22(17)32-7-5-31(6-8-32)21(35)12-28-23(36)19-14-33-4-2-1-3-20(33)30-19/h1-4,9-10,14,16,29H,5-8,11-13H2,(H,28,36)(H,37,38)/t16-/m0/s1. The molecule has 2 aromatic heterocycles. The van der Waals surface area contributed by atoms with Gasteiger partial charge >= 0.3 is 12.2 Å². The number of hydrogen-bond acceptors (Lipinski definition) is 7. The van der Waals surface area contributed by atoms with E-state index >= 15 is 8.78 Å². The molecule has 2 fully saturated rings. The van der Waals surface area contributed by atoms with Crippen LogP contribution in [0.25, 0.3) is 5.65 Å². The minimum Gasteiger partial charge on any atom is -0.465 e. The highest BCUT2D eigenvalue weighted by atomic mass is 19.1. The fourth-order valence-electron chi connectivity index (χ4n) is 4.63. The Morgan fingerprint density at radius 2 is 1.80 bits per heavy atom. The third kappa shape index (κ3) is 5.57. The second kappa shape index (κ2) is 11.0. The molecule has 2 saturated heterocycles. The first-order valence-corrected chi connectivity index (χ1v) is 12.4. The third-order valence-electron chi connectivity index (χ3n) is 6.61. The van der Waals surface area contributed by atoms with Crippen molar-refractivity contribution in [1.82, 2.24) is 24.9 Å². The molecular weight excluding hydrogens is 532 g/mol. The summed E-state index contributed by atoms with van der Waals surface area (Å²) < 4.78 is 36.8. The maximum absolute atomic E-state index is 15.0. The van der Waals surface area contributed by atoms with E-state index in [1.54, 1.807) is 35.0 Å². The SMILES string of the molecule is O=C(O)NC[C@H]1CN(c2cc(F)c(N3CCN(C(=O)CNC(=O)c4cn5ccccc5n4)CC3)c(F)c2)C(=O)O1. The zero-order valence-corrected chi connectivity index (χ0v) is 21.0. The fourth-order valence-corrected chi connectivity index (χ4v) is 4.63. The van der Waals surface area contributed by atoms with Crippen LogP contribution in [0.3, 0.4) is 0 Å². The molecule has 40 heavy (non-hydrogen) atoms. The average Bonchev–Trinajstić information content (AvgIpc) is 3.53. The van der Waals surface area contributed by atoms with Crippen LogP contribution < -0.4 is 20.4 Å². The highest BCUT2D eigenvalue weighted by molar-refractivity contribution is 5.95. The summed E-state index contributed by atoms with van der Waals surface area (Å²) in [6, 6.07) is 7.37. The average molecular weight is 558 g/mol. The van der Waals surface area contributed by atoms with Crippen molar-refractivity contribution in [2.24, 2.45) is 0 Å². The van der Waals surface area contributed by atoms with E-state index < -0.39 is 35.8 Å². The van der Waals surface area contributed by atoms with Crippen molar-refractivity contribution in [3.63, 3.8) is 0 Å². The van der Waals surface area contributed by atoms with E-state index in [0.29, 0.717) is 5.65 Å². The van der Waals surface area contributed by atoms with Crippen molar-refractivity contribution >= 4 is 41.0 Å². The quantitative estimate of drug-likeness (QED) is 0.394. The smallest absolute Gasteiger partial charge is 0.414 e. The molecule has 5 rings (SSSR count). The highest BCUT2D eigenvalue weighted by Crippen LogP contribution is 2.31. The lowest BCUT2D eigenvalue weighted by molar-refractivity contribution is -0.130. The van der Waals surface area contributed by atoms with Crippen LogP contribution in [0.5, 0.6) is 0 Å². The number of carbonyl (C=O) groups is 4. The van der Waals surface area contributed by atoms with Gasteiger partial charge in [0.2, 0.25) is 5.91 Å². The molecule has 15 heteroatoms. The lowest BCUT2D eigenvalue weighted by Crippen LogP contribution is -2.51. The molecule has 13 nitrogen and oxygen atoms in total. The van der Waals surface area contributed by atoms with Crippen LogP contribution in [0.4, 0.5) is 29.7 Å². The molecule has 4 heterocycles. The minimum atomic E-state index is -1.29. The molecule has 3 N–H and O–H groups in total. The Morgan fingerprint density at radius 1 is 1.07 bits per heavy atom. The van der Waals surface area contributed by atoms with Crippen molar-refractivity contribution < 1.29 is 37.8 Å². The van der Waals surface area contributed by atoms with Crippen LogP contribution in [0, 0.1) is 11.6 Å². The summed E-state index contributed by atoms with van der Waals surface area (Å²) in [4.78, 5) is 56.1. The normalized spacial score (nSPS) is 17.2. The molecule has 0 bridgehead atoms. The predicted octanol–water partition coefficient (Wildman–Crippen LogP) is 1.28. The van der Waals surface area contributed by atoms with Crippen molar-refractivity contribution in [2.45, 2.75) is 6.10 Å². The number of rotatable bonds is 7. The maximum Gasteiger partial charge on any atom is 0.414 e. The van der Waals surface area contributed by atoms with Gasteiger partial charge in [0, 0.05) is 50.7 Å². The topological polar surface area (TPSA) is 149 Å². The van der Waals surface area contributed by atoms with Gasteiger partial charge in [-0.05, 0) is 12.1 Å². The van der Waals surface area contributed by atoms with Crippen LogP contribution in [-0.4, -0.2) is 95.3 Å². The van der Waals surface area contributed by atoms with E-state index in [1.165, 1.54) is 9.80 Å². The van der Waals surface area contributed by atoms with Crippen LogP contribution in [0.2, 0.25) is 0 Å². The Hall–Kier alpha value is -4.95. The van der Waals surface area contributed by atoms with Crippen LogP contribution in [0.15, 0.2) is 42.7 Å². The Labute approximate surface area is 225 Å². The van der Waals surface area contributed by atoms with E-state index in [0.717, 1.165) is 17.0 Å². The third-order valence-corrected chi connectivity index (χ3v) is 6.61. The van der Waals surface area contributed by atoms with E-state index in [4.69, 9.17) is 9.84 Å². The zero-order valence-electron chi connectivity index (χ0n) is 21.0. The van der Waals surface area contributed by atoms with E-state index in [-0.39, 0.29) is 68.8 Å². The monoisotopic (exact) mass is 557 g/mol. The summed E-state index contributed by atoms with van der Waals surface area (Å²) >= 11 is 0. The minimum absolute atomic E-state index is 0.0586. The van der Waals surface area contributed by atoms with Gasteiger partial charge in [-0.15, -0.1) is 0 Å². The van der Waals surface area contributed by atoms with Crippen molar-refractivity contribution in [3.8, 4) is 0 Å². The first-order valence-electron chi connectivity index (χ1n) is 12.4. The van der Waals surface area contributed by atoms with Gasteiger partial charge in [0.15, 0.2) is 11.6 Å². The van der Waals surface area contributed by atoms with Gasteiger partial charge in [0.1, 0.15) is 23.1 Å². The number of imidazole rings is 1. The maximum atomic E-state index is 15.0. The zero-order chi connectivity index (χ0) is 28.4. The van der Waals surface area contributed by atoms with E-state index in [2.05, 4.69) is 15.6 Å². The number of cyclic esters (lactones) is 1. The number of halogens is 2. The number of amides is 4. The number of benzene rings is 1. The van der Waals surface area contributed by atoms with Crippen LogP contribution in [-0.2, 0) is 9.53 Å². The summed E-state index contributed by atoms with van der Waals surface area (Å²) in [5.41, 5.74) is 0.428. The molecule has 4 amide bonds. The molecule has 0 unspecified atom stereocenters. The first kappa shape index (κ1) is 26.6. The van der Waals surface area contributed by atoms with Crippen LogP contribution >= 0.6 is 0 Å². The van der Waals surface area contributed by atoms with Gasteiger partial charge in [0.25, 0.3) is 5.91 Å². The second-order valence-corrected chi connectivity index (χ2v) is 9.20. The Kier molecular flexibility index (Phi) is 7.35. The Morgan fingerprint density at radius 3 is 2.48 bits per heavy atom. The van der Waals surface area contributed by atoms with Gasteiger partial charge in [0.05, 0.1) is 25.3 Å². The van der Waals surface area contributed by atoms with Gasteiger partial charge in [-0.1, -0.05) is 6.07 Å². The Balaban J connectivity index is 1.15. The summed E-state index contributed by atoms with van der Waals surface area (Å²) in [6.07, 6.45) is 0.379. The fraction of sp³-hybridized carbons (Fsp3) is 0.320. The van der Waals surface area contributed by atoms with E-state index in [9.17, 15) is 19.2 Å². The second-order valence-electron chi connectivity index (χ2n) is 9.20. The lowest BCUT2D eigenvalue weighted by Gasteiger charge is -2.36. The summed E-state index contributed by atoms with van der Waals surface area (Å²) in [7, 11) is 0. The van der Waals surface area contributed by atoms with Gasteiger partial charge in [-0.2, -0.15) is 0 Å². The number of carboxylic acid groups (broad SMARTS) is 1. The number of ether oxygens (including phenoxy) is 1.